The van der Waals surface area contributed by atoms with Crippen LogP contribution in [0.4, 0.5) is 0 Å². The Balaban J connectivity index is 3.55. The van der Waals surface area contributed by atoms with Crippen molar-refractivity contribution in [2.75, 3.05) is 13.2 Å². The van der Waals surface area contributed by atoms with Crippen LogP contribution in [0.3, 0.4) is 0 Å². The van der Waals surface area contributed by atoms with E-state index in [9.17, 15) is 19.8 Å². The van der Waals surface area contributed by atoms with E-state index in [1.165, 1.54) is 116 Å². The average Bonchev–Trinajstić information content (AvgIpc) is 3.08. The zero-order valence-corrected chi connectivity index (χ0v) is 32.0. The summed E-state index contributed by atoms with van der Waals surface area (Å²) in [5.41, 5.74) is 0. The first-order chi connectivity index (χ1) is 23.5. The van der Waals surface area contributed by atoms with Crippen LogP contribution in [0.15, 0.2) is 12.2 Å². The third-order valence-electron chi connectivity index (χ3n) is 9.56. The Morgan fingerprint density at radius 1 is 0.562 bits per heavy atom. The highest BCUT2D eigenvalue weighted by Gasteiger charge is 2.19. The second kappa shape index (κ2) is 38.4. The fourth-order valence-corrected chi connectivity index (χ4v) is 6.29. The molecule has 0 spiro atoms. The van der Waals surface area contributed by atoms with Crippen LogP contribution < -0.4 is 5.32 Å². The largest absolute Gasteiger partial charge is 0.466 e. The summed E-state index contributed by atoms with van der Waals surface area (Å²) in [5.74, 6) is -0.134. The van der Waals surface area contributed by atoms with Gasteiger partial charge in [-0.15, -0.1) is 0 Å². The molecule has 6 heteroatoms. The molecular weight excluding hydrogens is 598 g/mol. The van der Waals surface area contributed by atoms with Gasteiger partial charge in [0.15, 0.2) is 0 Å². The Labute approximate surface area is 298 Å². The minimum absolute atomic E-state index is 0.0360. The first-order valence-corrected chi connectivity index (χ1v) is 20.9. The highest BCUT2D eigenvalue weighted by Crippen LogP contribution is 2.15. The van der Waals surface area contributed by atoms with Gasteiger partial charge < -0.3 is 20.3 Å². The molecule has 0 fully saturated rings. The van der Waals surface area contributed by atoms with Gasteiger partial charge in [0.2, 0.25) is 5.91 Å². The quantitative estimate of drug-likeness (QED) is 0.0343. The Morgan fingerprint density at radius 3 is 1.52 bits per heavy atom. The van der Waals surface area contributed by atoms with Crippen LogP contribution in [0.2, 0.25) is 0 Å². The number of aliphatic hydroxyl groups excluding tert-OH is 2. The maximum Gasteiger partial charge on any atom is 0.305 e. The lowest BCUT2D eigenvalue weighted by Gasteiger charge is -2.22. The molecular formula is C42H81NO5. The van der Waals surface area contributed by atoms with Gasteiger partial charge in [-0.25, -0.2) is 0 Å². The molecule has 0 heterocycles. The van der Waals surface area contributed by atoms with Crippen LogP contribution >= 0.6 is 0 Å². The monoisotopic (exact) mass is 680 g/mol. The van der Waals surface area contributed by atoms with Crippen molar-refractivity contribution in [3.8, 4) is 0 Å². The summed E-state index contributed by atoms with van der Waals surface area (Å²) < 4.78 is 5.41. The molecule has 0 aromatic carbocycles. The number of allylic oxidation sites excluding steroid dienone is 2. The third-order valence-corrected chi connectivity index (χ3v) is 9.56. The van der Waals surface area contributed by atoms with Crippen molar-refractivity contribution >= 4 is 11.9 Å². The van der Waals surface area contributed by atoms with Crippen LogP contribution in [0, 0.1) is 0 Å². The van der Waals surface area contributed by atoms with E-state index in [1.54, 1.807) is 0 Å². The number of aliphatic hydroxyl groups is 2. The molecule has 1 amide bonds. The number of amides is 1. The highest BCUT2D eigenvalue weighted by molar-refractivity contribution is 5.76. The average molecular weight is 680 g/mol. The van der Waals surface area contributed by atoms with Gasteiger partial charge in [0, 0.05) is 12.8 Å². The summed E-state index contributed by atoms with van der Waals surface area (Å²) in [6.07, 6.45) is 40.2. The van der Waals surface area contributed by atoms with Crippen molar-refractivity contribution < 1.29 is 24.5 Å². The van der Waals surface area contributed by atoms with Crippen molar-refractivity contribution in [2.45, 2.75) is 231 Å². The van der Waals surface area contributed by atoms with E-state index in [4.69, 9.17) is 4.74 Å². The number of carbonyl (C=O) groups excluding carboxylic acids is 2. The third kappa shape index (κ3) is 34.5. The van der Waals surface area contributed by atoms with Crippen LogP contribution in [0.25, 0.3) is 0 Å². The summed E-state index contributed by atoms with van der Waals surface area (Å²) in [5, 5.41) is 23.0. The molecule has 0 aliphatic heterocycles. The van der Waals surface area contributed by atoms with Gasteiger partial charge in [0.25, 0.3) is 0 Å². The number of carbonyl (C=O) groups is 2. The predicted molar refractivity (Wildman–Crippen MR) is 204 cm³/mol. The molecule has 0 aliphatic rings. The van der Waals surface area contributed by atoms with Crippen molar-refractivity contribution in [2.24, 2.45) is 0 Å². The predicted octanol–water partition coefficient (Wildman–Crippen LogP) is 11.4. The second-order valence-corrected chi connectivity index (χ2v) is 14.3. The van der Waals surface area contributed by atoms with E-state index >= 15 is 0 Å². The topological polar surface area (TPSA) is 95.9 Å². The number of ether oxygens (including phenoxy) is 1. The molecule has 2 atom stereocenters. The van der Waals surface area contributed by atoms with Crippen molar-refractivity contribution in [3.05, 3.63) is 12.2 Å². The molecule has 0 aliphatic carbocycles. The number of esters is 1. The fourth-order valence-electron chi connectivity index (χ4n) is 6.29. The molecule has 0 bridgehead atoms. The van der Waals surface area contributed by atoms with Crippen molar-refractivity contribution in [1.29, 1.82) is 0 Å². The number of unbranched alkanes of at least 4 members (excludes halogenated alkanes) is 25. The van der Waals surface area contributed by atoms with E-state index in [0.29, 0.717) is 25.9 Å². The molecule has 3 N–H and O–H groups in total. The number of rotatable bonds is 38. The van der Waals surface area contributed by atoms with Crippen molar-refractivity contribution in [1.82, 2.24) is 5.32 Å². The van der Waals surface area contributed by atoms with E-state index < -0.39 is 12.1 Å². The van der Waals surface area contributed by atoms with Gasteiger partial charge in [-0.2, -0.15) is 0 Å². The molecule has 0 aromatic heterocycles. The highest BCUT2D eigenvalue weighted by atomic mass is 16.5. The lowest BCUT2D eigenvalue weighted by Crippen LogP contribution is -2.45. The Bertz CT molecular complexity index is 712. The fraction of sp³-hybridized carbons (Fsp3) is 0.905. The molecule has 0 saturated heterocycles. The normalized spacial score (nSPS) is 12.8. The summed E-state index contributed by atoms with van der Waals surface area (Å²) in [7, 11) is 0. The van der Waals surface area contributed by atoms with E-state index in [0.717, 1.165) is 70.6 Å². The van der Waals surface area contributed by atoms with Gasteiger partial charge in [-0.3, -0.25) is 9.59 Å². The van der Waals surface area contributed by atoms with Gasteiger partial charge in [0.1, 0.15) is 0 Å². The smallest absolute Gasteiger partial charge is 0.305 e. The molecule has 48 heavy (non-hydrogen) atoms. The number of hydrogen-bond acceptors (Lipinski definition) is 5. The van der Waals surface area contributed by atoms with E-state index in [1.807, 2.05) is 0 Å². The summed E-state index contributed by atoms with van der Waals surface area (Å²) >= 11 is 0. The summed E-state index contributed by atoms with van der Waals surface area (Å²) in [6.45, 7) is 4.83. The molecule has 0 rings (SSSR count). The maximum absolute atomic E-state index is 12.3. The summed E-state index contributed by atoms with van der Waals surface area (Å²) in [4.78, 5) is 24.3. The lowest BCUT2D eigenvalue weighted by molar-refractivity contribution is -0.143. The zero-order valence-electron chi connectivity index (χ0n) is 32.0. The molecule has 0 radical (unpaired) electrons. The molecule has 2 unspecified atom stereocenters. The minimum Gasteiger partial charge on any atom is -0.466 e. The first kappa shape index (κ1) is 46.6. The second-order valence-electron chi connectivity index (χ2n) is 14.3. The van der Waals surface area contributed by atoms with Crippen LogP contribution in [0.5, 0.6) is 0 Å². The zero-order chi connectivity index (χ0) is 35.2. The van der Waals surface area contributed by atoms with Crippen LogP contribution in [0.1, 0.15) is 219 Å². The molecule has 284 valence electrons. The van der Waals surface area contributed by atoms with E-state index in [-0.39, 0.29) is 18.5 Å². The lowest BCUT2D eigenvalue weighted by atomic mass is 10.0. The Kier molecular flexibility index (Phi) is 37.3. The van der Waals surface area contributed by atoms with Gasteiger partial charge in [-0.05, 0) is 44.9 Å². The number of nitrogens with one attached hydrogen (secondary N) is 1. The molecule has 6 nitrogen and oxygen atoms in total. The standard InChI is InChI=1S/C42H81NO5/c1-3-5-7-9-11-13-15-16-20-24-28-32-36-42(47)48-37-33-29-25-21-17-19-23-27-31-35-41(46)43-39(38-44)40(45)34-30-26-22-18-14-12-10-8-6-4-2/h19,23,39-40,44-45H,3-18,20-22,24-38H2,1-2H3,(H,43,46)/b23-19-. The van der Waals surface area contributed by atoms with Gasteiger partial charge in [0.05, 0.1) is 25.4 Å². The van der Waals surface area contributed by atoms with Gasteiger partial charge in [-0.1, -0.05) is 174 Å². The summed E-state index contributed by atoms with van der Waals surface area (Å²) in [6, 6.07) is -0.575. The Hall–Kier alpha value is -1.40. The maximum atomic E-state index is 12.3. The van der Waals surface area contributed by atoms with Crippen molar-refractivity contribution in [3.63, 3.8) is 0 Å². The molecule has 0 saturated carbocycles. The molecule has 0 aromatic rings. The Morgan fingerprint density at radius 2 is 1.00 bits per heavy atom. The van der Waals surface area contributed by atoms with E-state index in [2.05, 4.69) is 31.3 Å². The first-order valence-electron chi connectivity index (χ1n) is 20.9. The van der Waals surface area contributed by atoms with Crippen LogP contribution in [-0.2, 0) is 14.3 Å². The van der Waals surface area contributed by atoms with Gasteiger partial charge >= 0.3 is 5.97 Å². The van der Waals surface area contributed by atoms with Crippen LogP contribution in [-0.4, -0.2) is 47.4 Å². The minimum atomic E-state index is -0.691. The number of hydrogen-bond donors (Lipinski definition) is 3. The SMILES string of the molecule is CCCCCCCCCCCCCCC(=O)OCCCCCC/C=C\CCCC(=O)NC(CO)C(O)CCCCCCCCCCCC.